The van der Waals surface area contributed by atoms with Gasteiger partial charge < -0.3 is 10.6 Å². The highest BCUT2D eigenvalue weighted by Gasteiger charge is 2.52. The van der Waals surface area contributed by atoms with E-state index in [2.05, 4.69) is 24.5 Å². The van der Waals surface area contributed by atoms with Crippen molar-refractivity contribution in [2.45, 2.75) is 70.4 Å². The smallest absolute Gasteiger partial charge is 0.251 e. The second kappa shape index (κ2) is 7.29. The molecule has 27 heavy (non-hydrogen) atoms. The third kappa shape index (κ3) is 3.76. The first kappa shape index (κ1) is 18.5. The maximum Gasteiger partial charge on any atom is 0.251 e. The Bertz CT molecular complexity index is 664. The SMILES string of the molecule is CCC(C)C(NC(=O)c1ccccc1)C(=O)NC12CC3CC(CC(C3)C1)C2. The number of carbonyl (C=O) groups excluding carboxylic acids is 2. The van der Waals surface area contributed by atoms with Crippen LogP contribution in [0.1, 0.15) is 69.2 Å². The molecule has 4 fully saturated rings. The van der Waals surface area contributed by atoms with Crippen molar-refractivity contribution in [1.29, 1.82) is 0 Å². The molecule has 146 valence electrons. The van der Waals surface area contributed by atoms with Gasteiger partial charge >= 0.3 is 0 Å². The van der Waals surface area contributed by atoms with E-state index in [0.717, 1.165) is 43.4 Å². The zero-order chi connectivity index (χ0) is 19.0. The van der Waals surface area contributed by atoms with E-state index >= 15 is 0 Å². The number of amides is 2. The van der Waals surface area contributed by atoms with Gasteiger partial charge in [-0.25, -0.2) is 0 Å². The van der Waals surface area contributed by atoms with E-state index in [-0.39, 0.29) is 23.3 Å². The second-order valence-electron chi connectivity index (χ2n) is 9.39. The molecule has 5 rings (SSSR count). The molecule has 0 aliphatic heterocycles. The largest absolute Gasteiger partial charge is 0.349 e. The minimum atomic E-state index is -0.476. The first-order chi connectivity index (χ1) is 13.0. The summed E-state index contributed by atoms with van der Waals surface area (Å²) in [6, 6.07) is 8.70. The van der Waals surface area contributed by atoms with Crippen LogP contribution in [0.3, 0.4) is 0 Å². The predicted molar refractivity (Wildman–Crippen MR) is 106 cm³/mol. The molecule has 0 aromatic heterocycles. The molecule has 2 amide bonds. The van der Waals surface area contributed by atoms with E-state index in [1.54, 1.807) is 12.1 Å². The molecular weight excluding hydrogens is 336 g/mol. The minimum absolute atomic E-state index is 0.00980. The van der Waals surface area contributed by atoms with E-state index < -0.39 is 6.04 Å². The third-order valence-corrected chi connectivity index (χ3v) is 7.24. The summed E-state index contributed by atoms with van der Waals surface area (Å²) >= 11 is 0. The van der Waals surface area contributed by atoms with Crippen LogP contribution in [0.4, 0.5) is 0 Å². The molecular formula is C23H32N2O2. The summed E-state index contributed by atoms with van der Waals surface area (Å²) in [5, 5.41) is 6.46. The van der Waals surface area contributed by atoms with Gasteiger partial charge in [-0.2, -0.15) is 0 Å². The number of carbonyl (C=O) groups is 2. The Kier molecular flexibility index (Phi) is 5.00. The van der Waals surface area contributed by atoms with Crippen molar-refractivity contribution in [3.05, 3.63) is 35.9 Å². The lowest BCUT2D eigenvalue weighted by atomic mass is 9.53. The monoisotopic (exact) mass is 368 g/mol. The fraction of sp³-hybridized carbons (Fsp3) is 0.652. The number of nitrogens with one attached hydrogen (secondary N) is 2. The van der Waals surface area contributed by atoms with E-state index in [9.17, 15) is 9.59 Å². The summed E-state index contributed by atoms with van der Waals surface area (Å²) in [5.41, 5.74) is 0.586. The minimum Gasteiger partial charge on any atom is -0.349 e. The van der Waals surface area contributed by atoms with Gasteiger partial charge in [0.15, 0.2) is 0 Å². The van der Waals surface area contributed by atoms with Crippen LogP contribution < -0.4 is 10.6 Å². The summed E-state index contributed by atoms with van der Waals surface area (Å²) in [6.07, 6.45) is 8.31. The van der Waals surface area contributed by atoms with Crippen molar-refractivity contribution >= 4 is 11.8 Å². The maximum atomic E-state index is 13.3. The Balaban J connectivity index is 1.47. The van der Waals surface area contributed by atoms with Crippen molar-refractivity contribution in [3.8, 4) is 0 Å². The standard InChI is InChI=1S/C23H32N2O2/c1-3-15(2)20(24-21(26)19-7-5-4-6-8-19)22(27)25-23-12-16-9-17(13-23)11-18(10-16)14-23/h4-8,15-18,20H,3,9-14H2,1-2H3,(H,24,26)(H,25,27). The van der Waals surface area contributed by atoms with Gasteiger partial charge in [0.25, 0.3) is 5.91 Å². The van der Waals surface area contributed by atoms with Crippen LogP contribution in [0, 0.1) is 23.7 Å². The van der Waals surface area contributed by atoms with E-state index in [4.69, 9.17) is 0 Å². The maximum absolute atomic E-state index is 13.3. The van der Waals surface area contributed by atoms with Crippen LogP contribution in [-0.4, -0.2) is 23.4 Å². The number of rotatable bonds is 6. The van der Waals surface area contributed by atoms with E-state index in [0.29, 0.717) is 5.56 Å². The normalized spacial score (nSPS) is 33.3. The van der Waals surface area contributed by atoms with Gasteiger partial charge in [0, 0.05) is 11.1 Å². The Morgan fingerprint density at radius 3 is 2.11 bits per heavy atom. The quantitative estimate of drug-likeness (QED) is 0.800. The molecule has 2 N–H and O–H groups in total. The molecule has 1 aromatic carbocycles. The molecule has 4 bridgehead atoms. The predicted octanol–water partition coefficient (Wildman–Crippen LogP) is 3.92. The molecule has 0 saturated heterocycles. The van der Waals surface area contributed by atoms with Gasteiger partial charge in [0.2, 0.25) is 5.91 Å². The van der Waals surface area contributed by atoms with Gasteiger partial charge in [0.1, 0.15) is 6.04 Å². The van der Waals surface area contributed by atoms with Crippen LogP contribution in [0.5, 0.6) is 0 Å². The van der Waals surface area contributed by atoms with E-state index in [1.807, 2.05) is 18.2 Å². The summed E-state index contributed by atoms with van der Waals surface area (Å²) in [6.45, 7) is 4.12. The summed E-state index contributed by atoms with van der Waals surface area (Å²) in [7, 11) is 0. The average molecular weight is 369 g/mol. The summed E-state index contributed by atoms with van der Waals surface area (Å²) in [4.78, 5) is 25.9. The van der Waals surface area contributed by atoms with Crippen LogP contribution in [0.25, 0.3) is 0 Å². The Hall–Kier alpha value is -1.84. The van der Waals surface area contributed by atoms with Crippen molar-refractivity contribution in [2.24, 2.45) is 23.7 Å². The summed E-state index contributed by atoms with van der Waals surface area (Å²) < 4.78 is 0. The van der Waals surface area contributed by atoms with Crippen LogP contribution in [-0.2, 0) is 4.79 Å². The molecule has 1 aromatic rings. The van der Waals surface area contributed by atoms with Gasteiger partial charge in [-0.3, -0.25) is 9.59 Å². The third-order valence-electron chi connectivity index (χ3n) is 7.24. The molecule has 0 radical (unpaired) electrons. The Labute approximate surface area is 162 Å². The van der Waals surface area contributed by atoms with Crippen molar-refractivity contribution in [3.63, 3.8) is 0 Å². The van der Waals surface area contributed by atoms with Crippen molar-refractivity contribution in [1.82, 2.24) is 10.6 Å². The van der Waals surface area contributed by atoms with Crippen LogP contribution >= 0.6 is 0 Å². The lowest BCUT2D eigenvalue weighted by Gasteiger charge is -2.57. The highest BCUT2D eigenvalue weighted by atomic mass is 16.2. The molecule has 0 heterocycles. The van der Waals surface area contributed by atoms with Gasteiger partial charge in [-0.05, 0) is 74.3 Å². The number of hydrogen-bond acceptors (Lipinski definition) is 2. The highest BCUT2D eigenvalue weighted by molar-refractivity contribution is 5.97. The Morgan fingerprint density at radius 1 is 1.04 bits per heavy atom. The molecule has 4 nitrogen and oxygen atoms in total. The van der Waals surface area contributed by atoms with Gasteiger partial charge in [-0.15, -0.1) is 0 Å². The molecule has 4 aliphatic carbocycles. The average Bonchev–Trinajstić information content (AvgIpc) is 2.64. The summed E-state index contributed by atoms with van der Waals surface area (Å²) in [5.74, 6) is 2.32. The zero-order valence-corrected chi connectivity index (χ0v) is 16.5. The molecule has 2 atom stereocenters. The topological polar surface area (TPSA) is 58.2 Å². The lowest BCUT2D eigenvalue weighted by molar-refractivity contribution is -0.129. The van der Waals surface area contributed by atoms with Gasteiger partial charge in [-0.1, -0.05) is 38.5 Å². The molecule has 2 unspecified atom stereocenters. The van der Waals surface area contributed by atoms with Gasteiger partial charge in [0.05, 0.1) is 0 Å². The Morgan fingerprint density at radius 2 is 1.59 bits per heavy atom. The first-order valence-corrected chi connectivity index (χ1v) is 10.7. The van der Waals surface area contributed by atoms with Crippen molar-refractivity contribution < 1.29 is 9.59 Å². The number of benzene rings is 1. The fourth-order valence-electron chi connectivity index (χ4n) is 6.12. The molecule has 4 saturated carbocycles. The molecule has 4 aliphatic rings. The molecule has 4 heteroatoms. The highest BCUT2D eigenvalue weighted by Crippen LogP contribution is 2.55. The zero-order valence-electron chi connectivity index (χ0n) is 16.5. The van der Waals surface area contributed by atoms with Crippen LogP contribution in [0.2, 0.25) is 0 Å². The fourth-order valence-corrected chi connectivity index (χ4v) is 6.12. The first-order valence-electron chi connectivity index (χ1n) is 10.7. The second-order valence-corrected chi connectivity index (χ2v) is 9.39. The van der Waals surface area contributed by atoms with Crippen molar-refractivity contribution in [2.75, 3.05) is 0 Å². The molecule has 0 spiro atoms. The lowest BCUT2D eigenvalue weighted by Crippen LogP contribution is -2.63. The number of hydrogen-bond donors (Lipinski definition) is 2. The van der Waals surface area contributed by atoms with Crippen LogP contribution in [0.15, 0.2) is 30.3 Å². The van der Waals surface area contributed by atoms with E-state index in [1.165, 1.54) is 19.3 Å².